The van der Waals surface area contributed by atoms with E-state index < -0.39 is 0 Å². The van der Waals surface area contributed by atoms with Gasteiger partial charge in [0.25, 0.3) is 0 Å². The van der Waals surface area contributed by atoms with Gasteiger partial charge in [-0.2, -0.15) is 0 Å². The first-order chi connectivity index (χ1) is 18.4. The fraction of sp³-hybridized carbons (Fsp3) is 0.455. The molecule has 6 rings (SSSR count). The molecule has 2 bridgehead atoms. The molecule has 4 heterocycles. The quantitative estimate of drug-likeness (QED) is 0.311. The highest BCUT2D eigenvalue weighted by Crippen LogP contribution is 2.37. The van der Waals surface area contributed by atoms with E-state index >= 15 is 0 Å². The van der Waals surface area contributed by atoms with Gasteiger partial charge in [-0.05, 0) is 60.6 Å². The molecule has 0 aliphatic carbocycles. The first-order valence-electron chi connectivity index (χ1n) is 14.1. The molecule has 0 amide bonds. The van der Waals surface area contributed by atoms with Crippen LogP contribution in [0.2, 0.25) is 0 Å². The second-order valence-corrected chi connectivity index (χ2v) is 11.6. The molecule has 3 fully saturated rings. The average Bonchev–Trinajstić information content (AvgIpc) is 2.95. The lowest BCUT2D eigenvalue weighted by Gasteiger charge is -2.48. The van der Waals surface area contributed by atoms with Crippen LogP contribution in [0.25, 0.3) is 10.9 Å². The predicted molar refractivity (Wildman–Crippen MR) is 151 cm³/mol. The van der Waals surface area contributed by atoms with Gasteiger partial charge in [-0.3, -0.25) is 9.78 Å². The number of quaternary nitrogens is 1. The number of nitrogens with one attached hydrogen (secondary N) is 1. The summed E-state index contributed by atoms with van der Waals surface area (Å²) in [6, 6.07) is 16.6. The molecular weight excluding hydrogens is 472 g/mol. The Morgan fingerprint density at radius 2 is 1.95 bits per heavy atom. The summed E-state index contributed by atoms with van der Waals surface area (Å²) in [6.45, 7) is 12.6. The summed E-state index contributed by atoms with van der Waals surface area (Å²) in [7, 11) is 1.67. The number of hydrogen-bond acceptors (Lipinski definition) is 4. The van der Waals surface area contributed by atoms with Crippen LogP contribution >= 0.6 is 0 Å². The number of esters is 1. The topological polar surface area (TPSA) is 52.9 Å². The maximum absolute atomic E-state index is 13.7. The first kappa shape index (κ1) is 26.4. The summed E-state index contributed by atoms with van der Waals surface area (Å²) in [6.07, 6.45) is 6.86. The van der Waals surface area contributed by atoms with Crippen molar-refractivity contribution in [1.29, 1.82) is 0 Å². The van der Waals surface area contributed by atoms with Crippen molar-refractivity contribution >= 4 is 16.9 Å². The summed E-state index contributed by atoms with van der Waals surface area (Å²) in [4.78, 5) is 19.8. The van der Waals surface area contributed by atoms with Crippen molar-refractivity contribution in [1.82, 2.24) is 4.98 Å². The third-order valence-corrected chi connectivity index (χ3v) is 8.70. The molecule has 0 spiro atoms. The first-order valence-corrected chi connectivity index (χ1v) is 14.1. The van der Waals surface area contributed by atoms with Gasteiger partial charge in [0, 0.05) is 35.9 Å². The average molecular weight is 514 g/mol. The van der Waals surface area contributed by atoms with Gasteiger partial charge >= 0.3 is 5.97 Å². The lowest BCUT2D eigenvalue weighted by atomic mass is 9.73. The maximum atomic E-state index is 13.7. The molecule has 1 unspecified atom stereocenters. The van der Waals surface area contributed by atoms with Crippen LogP contribution in [0.4, 0.5) is 0 Å². The minimum absolute atomic E-state index is 0.179. The normalized spacial score (nSPS) is 24.2. The Kier molecular flexibility index (Phi) is 7.85. The Labute approximate surface area is 226 Å². The molecule has 5 heteroatoms. The van der Waals surface area contributed by atoms with Crippen LogP contribution in [0.3, 0.4) is 0 Å². The molecule has 1 aromatic heterocycles. The van der Waals surface area contributed by atoms with Crippen LogP contribution in [-0.4, -0.2) is 37.2 Å². The van der Waals surface area contributed by atoms with Crippen LogP contribution < -0.4 is 9.64 Å². The Bertz CT molecular complexity index is 1290. The summed E-state index contributed by atoms with van der Waals surface area (Å²) in [5.41, 5.74) is 4.19. The zero-order valence-electron chi connectivity index (χ0n) is 23.2. The molecule has 3 aliphatic heterocycles. The summed E-state index contributed by atoms with van der Waals surface area (Å²) < 4.78 is 12.1. The number of piperidine rings is 3. The molecule has 6 atom stereocenters. The second kappa shape index (κ2) is 11.3. The van der Waals surface area contributed by atoms with Crippen LogP contribution in [0, 0.1) is 17.8 Å². The van der Waals surface area contributed by atoms with Crippen LogP contribution in [-0.2, 0) is 16.0 Å². The fourth-order valence-corrected chi connectivity index (χ4v) is 6.55. The largest absolute Gasteiger partial charge is 0.497 e. The highest BCUT2D eigenvalue weighted by Gasteiger charge is 2.48. The van der Waals surface area contributed by atoms with E-state index in [4.69, 9.17) is 9.47 Å². The van der Waals surface area contributed by atoms with E-state index in [0.29, 0.717) is 17.8 Å². The van der Waals surface area contributed by atoms with Gasteiger partial charge in [-0.1, -0.05) is 44.2 Å². The predicted octanol–water partition coefficient (Wildman–Crippen LogP) is 5.31. The number of carbonyl (C=O) groups excluding carboxylic acids is 1. The van der Waals surface area contributed by atoms with Gasteiger partial charge in [0.1, 0.15) is 11.8 Å². The highest BCUT2D eigenvalue weighted by molar-refractivity contribution is 5.85. The molecule has 5 nitrogen and oxygen atoms in total. The van der Waals surface area contributed by atoms with E-state index in [-0.39, 0.29) is 24.0 Å². The van der Waals surface area contributed by atoms with E-state index in [1.807, 2.05) is 37.4 Å². The minimum atomic E-state index is -0.355. The van der Waals surface area contributed by atoms with Gasteiger partial charge in [-0.25, -0.2) is 0 Å². The van der Waals surface area contributed by atoms with E-state index in [9.17, 15) is 4.79 Å². The molecule has 3 aliphatic rings. The van der Waals surface area contributed by atoms with E-state index in [1.165, 1.54) is 16.9 Å². The number of fused-ring (bicyclic) bond motifs is 4. The van der Waals surface area contributed by atoms with Gasteiger partial charge in [0.15, 0.2) is 6.10 Å². The van der Waals surface area contributed by atoms with Crippen molar-refractivity contribution in [2.24, 2.45) is 17.8 Å². The zero-order chi connectivity index (χ0) is 26.8. The van der Waals surface area contributed by atoms with Crippen molar-refractivity contribution in [3.8, 4) is 5.75 Å². The van der Waals surface area contributed by atoms with Crippen LogP contribution in [0.1, 0.15) is 62.3 Å². The monoisotopic (exact) mass is 513 g/mol. The van der Waals surface area contributed by atoms with Gasteiger partial charge in [-0.15, -0.1) is 6.58 Å². The smallest absolute Gasteiger partial charge is 0.313 e. The zero-order valence-corrected chi connectivity index (χ0v) is 23.2. The van der Waals surface area contributed by atoms with Gasteiger partial charge in [0.05, 0.1) is 31.6 Å². The number of nitrogens with zero attached hydrogens (tertiary/aromatic N) is 1. The number of methoxy groups -OCH3 is 1. The molecule has 0 radical (unpaired) electrons. The Morgan fingerprint density at radius 3 is 2.61 bits per heavy atom. The minimum Gasteiger partial charge on any atom is -0.497 e. The Balaban J connectivity index is 1.47. The third kappa shape index (κ3) is 5.35. The molecule has 3 aromatic rings. The summed E-state index contributed by atoms with van der Waals surface area (Å²) in [5.74, 6) is 1.97. The van der Waals surface area contributed by atoms with Crippen molar-refractivity contribution in [2.45, 2.75) is 58.1 Å². The molecule has 2 aromatic carbocycles. The van der Waals surface area contributed by atoms with Crippen molar-refractivity contribution in [2.75, 3.05) is 20.2 Å². The number of benzene rings is 2. The highest BCUT2D eigenvalue weighted by atomic mass is 16.5. The van der Waals surface area contributed by atoms with Crippen molar-refractivity contribution < 1.29 is 19.2 Å². The fourth-order valence-electron chi connectivity index (χ4n) is 6.55. The van der Waals surface area contributed by atoms with Crippen LogP contribution in [0.15, 0.2) is 67.4 Å². The Morgan fingerprint density at radius 1 is 1.16 bits per heavy atom. The number of aromatic nitrogens is 1. The molecular formula is C33H41N2O3+. The standard InChI is InChI=1S/C33H40N2O3/c1-6-24-20-35-16-14-26(24)18-31(35)32(28-13-15-34-30-12-11-27(37-5)19-29(28)30)38-33(36)22(4)25-9-7-23(8-10-25)17-21(2)3/h6-13,15,19,21-22,24,26,31-32H,1,14,16-18,20H2,2-5H3/p+1/t22-,24+,26+,31+,32-/m1/s1. The van der Waals surface area contributed by atoms with Gasteiger partial charge < -0.3 is 14.4 Å². The van der Waals surface area contributed by atoms with Crippen molar-refractivity contribution in [3.05, 3.63) is 84.1 Å². The van der Waals surface area contributed by atoms with E-state index in [0.717, 1.165) is 53.7 Å². The number of ether oxygens (including phenoxy) is 2. The molecule has 38 heavy (non-hydrogen) atoms. The number of rotatable bonds is 9. The Hall–Kier alpha value is -3.18. The van der Waals surface area contributed by atoms with Gasteiger partial charge in [0.2, 0.25) is 0 Å². The summed E-state index contributed by atoms with van der Waals surface area (Å²) >= 11 is 0. The molecule has 0 saturated carbocycles. The maximum Gasteiger partial charge on any atom is 0.313 e. The molecule has 1 N–H and O–H groups in total. The molecule has 3 saturated heterocycles. The number of hydrogen-bond donors (Lipinski definition) is 1. The number of pyridine rings is 1. The van der Waals surface area contributed by atoms with E-state index in [1.54, 1.807) is 7.11 Å². The summed E-state index contributed by atoms with van der Waals surface area (Å²) in [5, 5.41) is 0.984. The lowest BCUT2D eigenvalue weighted by Crippen LogP contribution is -3.20. The van der Waals surface area contributed by atoms with Crippen LogP contribution in [0.5, 0.6) is 5.75 Å². The third-order valence-electron chi connectivity index (χ3n) is 8.70. The second-order valence-electron chi connectivity index (χ2n) is 11.6. The molecule has 200 valence electrons. The lowest BCUT2D eigenvalue weighted by molar-refractivity contribution is -0.949. The number of carbonyl (C=O) groups is 1. The SMILES string of the molecule is C=C[C@H]1C[NH+]2CC[C@H]1C[C@H]2[C@H](OC(=O)[C@H](C)c1ccc(CC(C)C)cc1)c1ccnc2ccc(OC)cc12. The van der Waals surface area contributed by atoms with E-state index in [2.05, 4.69) is 55.8 Å². The van der Waals surface area contributed by atoms with Crippen molar-refractivity contribution in [3.63, 3.8) is 0 Å².